The molecule has 1 aromatic rings. The lowest BCUT2D eigenvalue weighted by molar-refractivity contribution is -0.0769. The molecule has 2 N–H and O–H groups in total. The van der Waals surface area contributed by atoms with Crippen molar-refractivity contribution in [1.82, 2.24) is 0 Å². The van der Waals surface area contributed by atoms with Crippen LogP contribution in [0.1, 0.15) is 24.8 Å². The molecule has 2 atom stereocenters. The van der Waals surface area contributed by atoms with Gasteiger partial charge in [0, 0.05) is 35.5 Å². The number of thioether (sulfide) groups is 1. The minimum absolute atomic E-state index is 0.00978. The molecule has 104 valence electrons. The maximum atomic E-state index is 5.99. The fourth-order valence-corrected chi connectivity index (χ4v) is 4.30. The molecule has 19 heavy (non-hydrogen) atoms. The van der Waals surface area contributed by atoms with Gasteiger partial charge in [-0.1, -0.05) is 6.07 Å². The maximum absolute atomic E-state index is 5.99. The molecule has 0 amide bonds. The minimum atomic E-state index is -0.00978. The van der Waals surface area contributed by atoms with E-state index < -0.39 is 0 Å². The van der Waals surface area contributed by atoms with Crippen LogP contribution in [-0.4, -0.2) is 30.7 Å². The van der Waals surface area contributed by atoms with Crippen molar-refractivity contribution in [3.8, 4) is 0 Å². The molecule has 0 aromatic heterocycles. The van der Waals surface area contributed by atoms with E-state index in [4.69, 9.17) is 15.2 Å². The fraction of sp³-hybridized carbons (Fsp3) is 0.600. The Kier molecular flexibility index (Phi) is 3.74. The Hall–Kier alpha value is -0.710. The number of nitrogen functional groups attached to an aromatic ring is 1. The van der Waals surface area contributed by atoms with Gasteiger partial charge in [-0.05, 0) is 37.5 Å². The van der Waals surface area contributed by atoms with Crippen LogP contribution < -0.4 is 5.73 Å². The average molecular weight is 279 g/mol. The van der Waals surface area contributed by atoms with Crippen LogP contribution in [0.25, 0.3) is 0 Å². The second-order valence-corrected chi connectivity index (χ2v) is 6.88. The molecular formula is C15H21NO2S. The van der Waals surface area contributed by atoms with Crippen LogP contribution in [0.2, 0.25) is 0 Å². The van der Waals surface area contributed by atoms with Crippen molar-refractivity contribution in [2.75, 3.05) is 25.6 Å². The highest BCUT2D eigenvalue weighted by molar-refractivity contribution is 8.00. The van der Waals surface area contributed by atoms with Gasteiger partial charge in [-0.15, -0.1) is 11.8 Å². The summed E-state index contributed by atoms with van der Waals surface area (Å²) in [5.74, 6) is 0. The SMILES string of the molecule is Cc1c(N)cccc1SC1CCOC2(CCOC2)C1. The monoisotopic (exact) mass is 279 g/mol. The van der Waals surface area contributed by atoms with Crippen LogP contribution in [0.4, 0.5) is 5.69 Å². The molecule has 2 aliphatic heterocycles. The maximum Gasteiger partial charge on any atom is 0.0947 e. The number of rotatable bonds is 2. The quantitative estimate of drug-likeness (QED) is 0.845. The van der Waals surface area contributed by atoms with Crippen LogP contribution in [0.5, 0.6) is 0 Å². The molecule has 2 aliphatic rings. The number of hydrogen-bond donors (Lipinski definition) is 1. The molecule has 3 rings (SSSR count). The van der Waals surface area contributed by atoms with Gasteiger partial charge >= 0.3 is 0 Å². The van der Waals surface area contributed by atoms with Gasteiger partial charge in [0.05, 0.1) is 12.2 Å². The number of ether oxygens (including phenoxy) is 2. The van der Waals surface area contributed by atoms with Crippen LogP contribution in [-0.2, 0) is 9.47 Å². The molecule has 2 saturated heterocycles. The lowest BCUT2D eigenvalue weighted by atomic mass is 9.93. The third-order valence-corrected chi connectivity index (χ3v) is 5.57. The molecule has 0 bridgehead atoms. The predicted molar refractivity (Wildman–Crippen MR) is 78.6 cm³/mol. The fourth-order valence-electron chi connectivity index (χ4n) is 2.89. The highest BCUT2D eigenvalue weighted by Crippen LogP contribution is 2.41. The molecule has 0 saturated carbocycles. The number of hydrogen-bond acceptors (Lipinski definition) is 4. The lowest BCUT2D eigenvalue weighted by Crippen LogP contribution is -2.41. The average Bonchev–Trinajstić information content (AvgIpc) is 2.83. The van der Waals surface area contributed by atoms with Gasteiger partial charge < -0.3 is 15.2 Å². The van der Waals surface area contributed by atoms with E-state index in [9.17, 15) is 0 Å². The largest absolute Gasteiger partial charge is 0.398 e. The zero-order chi connectivity index (χ0) is 13.3. The van der Waals surface area contributed by atoms with Gasteiger partial charge in [0.1, 0.15) is 0 Å². The third-order valence-electron chi connectivity index (χ3n) is 4.13. The van der Waals surface area contributed by atoms with Gasteiger partial charge in [0.25, 0.3) is 0 Å². The smallest absolute Gasteiger partial charge is 0.0947 e. The second kappa shape index (κ2) is 5.35. The number of anilines is 1. The van der Waals surface area contributed by atoms with Crippen molar-refractivity contribution < 1.29 is 9.47 Å². The summed E-state index contributed by atoms with van der Waals surface area (Å²) in [5, 5.41) is 0.607. The molecule has 0 radical (unpaired) electrons. The van der Waals surface area contributed by atoms with Crippen molar-refractivity contribution in [2.24, 2.45) is 0 Å². The first-order valence-electron chi connectivity index (χ1n) is 6.92. The van der Waals surface area contributed by atoms with E-state index in [1.807, 2.05) is 23.9 Å². The zero-order valence-electron chi connectivity index (χ0n) is 11.4. The summed E-state index contributed by atoms with van der Waals surface area (Å²) in [5.41, 5.74) is 8.06. The number of benzene rings is 1. The topological polar surface area (TPSA) is 44.5 Å². The van der Waals surface area contributed by atoms with Gasteiger partial charge in [0.2, 0.25) is 0 Å². The molecule has 0 aliphatic carbocycles. The summed E-state index contributed by atoms with van der Waals surface area (Å²) < 4.78 is 11.5. The molecule has 3 nitrogen and oxygen atoms in total. The van der Waals surface area contributed by atoms with E-state index >= 15 is 0 Å². The van der Waals surface area contributed by atoms with E-state index in [0.717, 1.165) is 44.8 Å². The van der Waals surface area contributed by atoms with E-state index in [0.29, 0.717) is 5.25 Å². The Morgan fingerprint density at radius 1 is 1.37 bits per heavy atom. The lowest BCUT2D eigenvalue weighted by Gasteiger charge is -2.37. The molecule has 2 fully saturated rings. The van der Waals surface area contributed by atoms with Crippen LogP contribution in [0.15, 0.2) is 23.1 Å². The summed E-state index contributed by atoms with van der Waals surface area (Å²) in [6.07, 6.45) is 3.24. The summed E-state index contributed by atoms with van der Waals surface area (Å²) in [7, 11) is 0. The van der Waals surface area contributed by atoms with Crippen molar-refractivity contribution in [3.05, 3.63) is 23.8 Å². The van der Waals surface area contributed by atoms with Gasteiger partial charge in [-0.2, -0.15) is 0 Å². The van der Waals surface area contributed by atoms with Crippen molar-refractivity contribution in [3.63, 3.8) is 0 Å². The number of nitrogens with two attached hydrogens (primary N) is 1. The molecule has 1 aromatic carbocycles. The first-order valence-corrected chi connectivity index (χ1v) is 7.80. The van der Waals surface area contributed by atoms with Crippen LogP contribution >= 0.6 is 11.8 Å². The van der Waals surface area contributed by atoms with Crippen LogP contribution in [0, 0.1) is 6.92 Å². The molecule has 2 unspecified atom stereocenters. The van der Waals surface area contributed by atoms with E-state index in [-0.39, 0.29) is 5.60 Å². The Balaban J connectivity index is 1.71. The van der Waals surface area contributed by atoms with Crippen molar-refractivity contribution >= 4 is 17.4 Å². The summed E-state index contributed by atoms with van der Waals surface area (Å²) in [4.78, 5) is 1.31. The van der Waals surface area contributed by atoms with Gasteiger partial charge in [-0.3, -0.25) is 0 Å². The Bertz CT molecular complexity index is 457. The predicted octanol–water partition coefficient (Wildman–Crippen LogP) is 3.01. The Morgan fingerprint density at radius 2 is 2.26 bits per heavy atom. The Morgan fingerprint density at radius 3 is 3.05 bits per heavy atom. The highest BCUT2D eigenvalue weighted by Gasteiger charge is 2.41. The van der Waals surface area contributed by atoms with Gasteiger partial charge in [0.15, 0.2) is 0 Å². The van der Waals surface area contributed by atoms with Crippen molar-refractivity contribution in [2.45, 2.75) is 41.9 Å². The first kappa shape index (κ1) is 13.3. The van der Waals surface area contributed by atoms with E-state index in [1.54, 1.807) is 0 Å². The van der Waals surface area contributed by atoms with E-state index in [1.165, 1.54) is 10.5 Å². The van der Waals surface area contributed by atoms with E-state index in [2.05, 4.69) is 13.0 Å². The standard InChI is InChI=1S/C15H21NO2S/c1-11-13(16)3-2-4-14(11)19-12-5-7-18-15(9-12)6-8-17-10-15/h2-4,12H,5-10,16H2,1H3. The van der Waals surface area contributed by atoms with Crippen molar-refractivity contribution in [1.29, 1.82) is 0 Å². The Labute approximate surface area is 118 Å². The first-order chi connectivity index (χ1) is 9.19. The minimum Gasteiger partial charge on any atom is -0.398 e. The molecular weight excluding hydrogens is 258 g/mol. The van der Waals surface area contributed by atoms with Gasteiger partial charge in [-0.25, -0.2) is 0 Å². The normalized spacial score (nSPS) is 30.9. The zero-order valence-corrected chi connectivity index (χ0v) is 12.2. The second-order valence-electron chi connectivity index (χ2n) is 5.54. The van der Waals surface area contributed by atoms with Crippen LogP contribution in [0.3, 0.4) is 0 Å². The summed E-state index contributed by atoms with van der Waals surface area (Å²) >= 11 is 1.95. The highest BCUT2D eigenvalue weighted by atomic mass is 32.2. The molecule has 1 spiro atoms. The molecule has 2 heterocycles. The summed E-state index contributed by atoms with van der Waals surface area (Å²) in [6.45, 7) is 4.56. The molecule has 4 heteroatoms. The summed E-state index contributed by atoms with van der Waals surface area (Å²) in [6, 6.07) is 6.18. The third kappa shape index (κ3) is 2.76.